The van der Waals surface area contributed by atoms with E-state index in [-0.39, 0.29) is 24.8 Å². The number of nitrogens with zero attached hydrogens (tertiary/aromatic N) is 2. The average molecular weight is 631 g/mol. The molecule has 226 valence electrons. The van der Waals surface area contributed by atoms with Crippen molar-refractivity contribution >= 4 is 62.5 Å². The van der Waals surface area contributed by atoms with E-state index in [1.54, 1.807) is 24.1 Å². The molecule has 8 nitrogen and oxygen atoms in total. The maximum atomic E-state index is 15.4. The van der Waals surface area contributed by atoms with Gasteiger partial charge in [-0.1, -0.05) is 59.6 Å². The Bertz CT molecular complexity index is 1880. The number of aromatic nitrogens is 2. The molecule has 3 N–H and O–H groups in total. The number of fused-ring (bicyclic) bond motifs is 2. The Morgan fingerprint density at radius 3 is 2.52 bits per heavy atom. The Morgan fingerprint density at radius 1 is 0.977 bits per heavy atom. The van der Waals surface area contributed by atoms with Crippen LogP contribution >= 0.6 is 23.2 Å². The summed E-state index contributed by atoms with van der Waals surface area (Å²) in [5.74, 6) is 0.0827. The van der Waals surface area contributed by atoms with Crippen molar-refractivity contribution in [1.29, 1.82) is 0 Å². The molecule has 0 radical (unpaired) electrons. The minimum atomic E-state index is -1.42. The Hall–Kier alpha value is -4.24. The van der Waals surface area contributed by atoms with Crippen LogP contribution in [0.3, 0.4) is 0 Å². The van der Waals surface area contributed by atoms with Crippen molar-refractivity contribution in [2.45, 2.75) is 32.0 Å². The quantitative estimate of drug-likeness (QED) is 0.156. The molecule has 0 fully saturated rings. The SMILES string of the molecule is COc1ccc2[nH]cc(N(Cc3ccc(Cl)c(Cl)c3)C(=O)C(Cc3c[nH]c4ccccc34)(NC(C)=O)N3CC=CCC3)c2c1. The van der Waals surface area contributed by atoms with E-state index >= 15 is 4.79 Å². The Kier molecular flexibility index (Phi) is 8.40. The number of H-pyrrole nitrogens is 2. The van der Waals surface area contributed by atoms with Gasteiger partial charge in [-0.05, 0) is 53.9 Å². The van der Waals surface area contributed by atoms with Gasteiger partial charge in [0.25, 0.3) is 5.91 Å². The van der Waals surface area contributed by atoms with Crippen molar-refractivity contribution in [1.82, 2.24) is 20.2 Å². The number of hydrogen-bond donors (Lipinski definition) is 3. The van der Waals surface area contributed by atoms with Crippen molar-refractivity contribution in [3.8, 4) is 5.75 Å². The number of anilines is 1. The van der Waals surface area contributed by atoms with Crippen LogP contribution in [0.15, 0.2) is 85.2 Å². The van der Waals surface area contributed by atoms with Crippen molar-refractivity contribution in [2.75, 3.05) is 25.1 Å². The van der Waals surface area contributed by atoms with Gasteiger partial charge >= 0.3 is 0 Å². The monoisotopic (exact) mass is 629 g/mol. The molecule has 1 unspecified atom stereocenters. The molecule has 0 saturated carbocycles. The lowest BCUT2D eigenvalue weighted by Crippen LogP contribution is -2.70. The molecule has 1 aliphatic heterocycles. The van der Waals surface area contributed by atoms with Gasteiger partial charge in [-0.3, -0.25) is 14.5 Å². The number of methoxy groups -OCH3 is 1. The minimum absolute atomic E-state index is 0.179. The first-order valence-electron chi connectivity index (χ1n) is 14.4. The van der Waals surface area contributed by atoms with E-state index in [0.29, 0.717) is 34.6 Å². The normalized spacial score (nSPS) is 14.9. The van der Waals surface area contributed by atoms with E-state index < -0.39 is 5.66 Å². The molecular formula is C34H33Cl2N5O3. The fraction of sp³-hybridized carbons (Fsp3) is 0.235. The second-order valence-electron chi connectivity index (χ2n) is 11.0. The molecule has 2 amide bonds. The van der Waals surface area contributed by atoms with Crippen LogP contribution in [0.25, 0.3) is 21.8 Å². The smallest absolute Gasteiger partial charge is 0.268 e. The number of carbonyl (C=O) groups excluding carboxylic acids is 2. The summed E-state index contributed by atoms with van der Waals surface area (Å²) in [5.41, 5.74) is 2.74. The van der Waals surface area contributed by atoms with Crippen LogP contribution in [0.1, 0.15) is 24.5 Å². The van der Waals surface area contributed by atoms with Gasteiger partial charge in [0, 0.05) is 60.6 Å². The first-order valence-corrected chi connectivity index (χ1v) is 15.2. The molecule has 0 bridgehead atoms. The lowest BCUT2D eigenvalue weighted by molar-refractivity contribution is -0.139. The standard InChI is InChI=1S/C34H33Cl2N5O3/c1-22(42)39-34(40-14-6-3-7-15-40,18-24-19-37-30-9-5-4-8-26(24)30)33(43)41(21-23-10-12-28(35)29(36)16-23)32-20-38-31-13-11-25(44-2)17-27(31)32/h3-6,8-13,16-17,19-20,37-38H,7,14-15,18,21H2,1-2H3,(H,39,42). The topological polar surface area (TPSA) is 93.5 Å². The number of carbonyl (C=O) groups is 2. The molecule has 2 aromatic heterocycles. The molecule has 10 heteroatoms. The lowest BCUT2D eigenvalue weighted by atomic mass is 9.93. The number of aromatic amines is 2. The molecule has 3 aromatic carbocycles. The largest absolute Gasteiger partial charge is 0.497 e. The molecule has 1 atom stereocenters. The van der Waals surface area contributed by atoms with E-state index in [1.165, 1.54) is 6.92 Å². The summed E-state index contributed by atoms with van der Waals surface area (Å²) < 4.78 is 5.53. The van der Waals surface area contributed by atoms with Gasteiger partial charge in [0.05, 0.1) is 29.4 Å². The second-order valence-corrected chi connectivity index (χ2v) is 11.8. The maximum absolute atomic E-state index is 15.4. The maximum Gasteiger partial charge on any atom is 0.268 e. The molecule has 3 heterocycles. The van der Waals surface area contributed by atoms with Crippen LogP contribution in [0, 0.1) is 0 Å². The number of ether oxygens (including phenoxy) is 1. The molecule has 6 rings (SSSR count). The zero-order valence-corrected chi connectivity index (χ0v) is 26.0. The van der Waals surface area contributed by atoms with Crippen LogP contribution in [-0.4, -0.2) is 52.5 Å². The average Bonchev–Trinajstić information content (AvgIpc) is 3.64. The number of rotatable bonds is 9. The highest BCUT2D eigenvalue weighted by Crippen LogP contribution is 2.36. The summed E-state index contributed by atoms with van der Waals surface area (Å²) in [5, 5.41) is 5.77. The van der Waals surface area contributed by atoms with Crippen LogP contribution in [0.4, 0.5) is 5.69 Å². The van der Waals surface area contributed by atoms with E-state index in [1.807, 2.05) is 67.0 Å². The molecule has 0 aliphatic carbocycles. The predicted molar refractivity (Wildman–Crippen MR) is 176 cm³/mol. The van der Waals surface area contributed by atoms with E-state index in [2.05, 4.69) is 26.3 Å². The number of halogens is 2. The van der Waals surface area contributed by atoms with Gasteiger partial charge in [-0.2, -0.15) is 0 Å². The number of benzene rings is 3. The van der Waals surface area contributed by atoms with Gasteiger partial charge < -0.3 is 24.9 Å². The summed E-state index contributed by atoms with van der Waals surface area (Å²) in [4.78, 5) is 38.9. The van der Waals surface area contributed by atoms with E-state index in [9.17, 15) is 4.79 Å². The fourth-order valence-electron chi connectivity index (χ4n) is 6.08. The third-order valence-corrected chi connectivity index (χ3v) is 8.92. The molecule has 5 aromatic rings. The molecule has 0 saturated heterocycles. The highest BCUT2D eigenvalue weighted by atomic mass is 35.5. The zero-order valence-electron chi connectivity index (χ0n) is 24.5. The summed E-state index contributed by atoms with van der Waals surface area (Å²) in [6.07, 6.45) is 8.88. The van der Waals surface area contributed by atoms with Gasteiger partial charge in [0.2, 0.25) is 5.91 Å². The van der Waals surface area contributed by atoms with Crippen LogP contribution in [-0.2, 0) is 22.6 Å². The van der Waals surface area contributed by atoms with Crippen molar-refractivity contribution in [2.24, 2.45) is 0 Å². The predicted octanol–water partition coefficient (Wildman–Crippen LogP) is 6.83. The van der Waals surface area contributed by atoms with Crippen LogP contribution in [0.5, 0.6) is 5.75 Å². The van der Waals surface area contributed by atoms with Gasteiger partial charge in [0.1, 0.15) is 5.75 Å². The Morgan fingerprint density at radius 2 is 1.77 bits per heavy atom. The molecular weight excluding hydrogens is 597 g/mol. The number of para-hydroxylation sites is 1. The molecule has 1 aliphatic rings. The number of hydrogen-bond acceptors (Lipinski definition) is 4. The van der Waals surface area contributed by atoms with Crippen LogP contribution < -0.4 is 15.0 Å². The highest BCUT2D eigenvalue weighted by molar-refractivity contribution is 6.42. The van der Waals surface area contributed by atoms with E-state index in [4.69, 9.17) is 27.9 Å². The summed E-state index contributed by atoms with van der Waals surface area (Å²) >= 11 is 12.7. The van der Waals surface area contributed by atoms with Gasteiger partial charge in [-0.25, -0.2) is 0 Å². The Labute approximate surface area is 265 Å². The summed E-state index contributed by atoms with van der Waals surface area (Å²) in [6.45, 7) is 2.72. The summed E-state index contributed by atoms with van der Waals surface area (Å²) in [6, 6.07) is 19.0. The Balaban J connectivity index is 1.55. The fourth-order valence-corrected chi connectivity index (χ4v) is 6.40. The third-order valence-electron chi connectivity index (χ3n) is 8.18. The molecule has 0 spiro atoms. The number of nitrogens with one attached hydrogen (secondary N) is 3. The lowest BCUT2D eigenvalue weighted by Gasteiger charge is -2.46. The summed E-state index contributed by atoms with van der Waals surface area (Å²) in [7, 11) is 1.61. The van der Waals surface area contributed by atoms with Gasteiger partial charge in [0.15, 0.2) is 5.66 Å². The zero-order chi connectivity index (χ0) is 30.8. The van der Waals surface area contributed by atoms with Gasteiger partial charge in [-0.15, -0.1) is 0 Å². The third kappa shape index (κ3) is 5.68. The number of amides is 2. The first-order chi connectivity index (χ1) is 21.3. The van der Waals surface area contributed by atoms with Crippen LogP contribution in [0.2, 0.25) is 10.0 Å². The van der Waals surface area contributed by atoms with E-state index in [0.717, 1.165) is 39.4 Å². The molecule has 44 heavy (non-hydrogen) atoms. The van der Waals surface area contributed by atoms with Crippen molar-refractivity contribution in [3.63, 3.8) is 0 Å². The van der Waals surface area contributed by atoms with Crippen molar-refractivity contribution in [3.05, 3.63) is 106 Å². The minimum Gasteiger partial charge on any atom is -0.497 e. The first kappa shape index (κ1) is 29.8. The van der Waals surface area contributed by atoms with Crippen molar-refractivity contribution < 1.29 is 14.3 Å². The highest BCUT2D eigenvalue weighted by Gasteiger charge is 2.48. The second kappa shape index (κ2) is 12.4.